The van der Waals surface area contributed by atoms with Crippen molar-refractivity contribution < 1.29 is 23.5 Å². The molecule has 2 N–H and O–H groups in total. The van der Waals surface area contributed by atoms with Crippen LogP contribution in [0.5, 0.6) is 11.5 Å². The second kappa shape index (κ2) is 10.6. The molecule has 1 aliphatic rings. The molecule has 8 heteroatoms. The highest BCUT2D eigenvalue weighted by molar-refractivity contribution is 5.97. The molecule has 1 aliphatic heterocycles. The van der Waals surface area contributed by atoms with Gasteiger partial charge < -0.3 is 24.7 Å². The maximum Gasteiger partial charge on any atom is 0.271 e. The number of fused-ring (bicyclic) bond motifs is 1. The fourth-order valence-electron chi connectivity index (χ4n) is 4.53. The second-order valence-electron chi connectivity index (χ2n) is 10.5. The lowest BCUT2D eigenvalue weighted by Gasteiger charge is -2.33. The van der Waals surface area contributed by atoms with Crippen LogP contribution in [0.2, 0.25) is 0 Å². The number of halogens is 1. The van der Waals surface area contributed by atoms with Gasteiger partial charge in [-0.15, -0.1) is 0 Å². The zero-order valence-corrected chi connectivity index (χ0v) is 22.0. The van der Waals surface area contributed by atoms with Gasteiger partial charge in [0.05, 0.1) is 0 Å². The molecule has 7 nitrogen and oxygen atoms in total. The first-order chi connectivity index (χ1) is 18.7. The molecule has 2 heterocycles. The summed E-state index contributed by atoms with van der Waals surface area (Å²) in [5, 5.41) is 3.00. The second-order valence-corrected chi connectivity index (χ2v) is 10.5. The van der Waals surface area contributed by atoms with Crippen LogP contribution in [0.3, 0.4) is 0 Å². The average Bonchev–Trinajstić information content (AvgIpc) is 3.58. The van der Waals surface area contributed by atoms with Crippen LogP contribution < -0.4 is 14.8 Å². The monoisotopic (exact) mass is 527 g/mol. The summed E-state index contributed by atoms with van der Waals surface area (Å²) in [4.78, 5) is 32.6. The molecule has 0 saturated heterocycles. The average molecular weight is 528 g/mol. The number of hydrogen-bond donors (Lipinski definition) is 2. The van der Waals surface area contributed by atoms with Crippen LogP contribution in [0.4, 0.5) is 4.39 Å². The normalized spacial score (nSPS) is 13.1. The molecule has 200 valence electrons. The maximum atomic E-state index is 14.2. The molecule has 1 aromatic heterocycles. The van der Waals surface area contributed by atoms with Gasteiger partial charge in [0.25, 0.3) is 5.91 Å². The van der Waals surface area contributed by atoms with Crippen LogP contribution in [0.25, 0.3) is 11.3 Å². The number of aromatic amines is 1. The fourth-order valence-corrected chi connectivity index (χ4v) is 4.53. The molecule has 0 spiro atoms. The zero-order chi connectivity index (χ0) is 27.6. The van der Waals surface area contributed by atoms with Crippen molar-refractivity contribution in [3.63, 3.8) is 0 Å². The van der Waals surface area contributed by atoms with Crippen LogP contribution in [0.1, 0.15) is 48.4 Å². The minimum Gasteiger partial charge on any atom is -0.454 e. The van der Waals surface area contributed by atoms with E-state index in [0.29, 0.717) is 22.8 Å². The van der Waals surface area contributed by atoms with Crippen molar-refractivity contribution in [3.05, 3.63) is 108 Å². The van der Waals surface area contributed by atoms with E-state index in [4.69, 9.17) is 9.47 Å². The summed E-state index contributed by atoms with van der Waals surface area (Å²) < 4.78 is 24.8. The molecule has 0 saturated carbocycles. The Morgan fingerprint density at radius 3 is 2.38 bits per heavy atom. The first-order valence-corrected chi connectivity index (χ1v) is 12.7. The van der Waals surface area contributed by atoms with Gasteiger partial charge in [-0.1, -0.05) is 48.5 Å². The number of aromatic nitrogens is 1. The van der Waals surface area contributed by atoms with Gasteiger partial charge in [-0.25, -0.2) is 4.39 Å². The SMILES string of the molecule is CC(C)(C)NC(=O)C(c1ccc(F)cc1)N(Cc1ccc2c(c1)OCO2)C(=O)c1ccc(-c2ccccc2)[nH]1. The van der Waals surface area contributed by atoms with Gasteiger partial charge in [0.2, 0.25) is 12.7 Å². The third-order valence-electron chi connectivity index (χ3n) is 6.30. The maximum absolute atomic E-state index is 14.2. The Balaban J connectivity index is 1.57. The Bertz CT molecular complexity index is 1480. The Morgan fingerprint density at radius 2 is 1.67 bits per heavy atom. The van der Waals surface area contributed by atoms with E-state index >= 15 is 0 Å². The van der Waals surface area contributed by atoms with Gasteiger partial charge in [-0.05, 0) is 73.9 Å². The van der Waals surface area contributed by atoms with E-state index in [9.17, 15) is 14.0 Å². The van der Waals surface area contributed by atoms with E-state index < -0.39 is 17.4 Å². The van der Waals surface area contributed by atoms with Crippen molar-refractivity contribution >= 4 is 11.8 Å². The van der Waals surface area contributed by atoms with Gasteiger partial charge in [-0.2, -0.15) is 0 Å². The predicted octanol–water partition coefficient (Wildman–Crippen LogP) is 5.85. The van der Waals surface area contributed by atoms with Crippen LogP contribution in [0, 0.1) is 5.82 Å². The number of carbonyl (C=O) groups excluding carboxylic acids is 2. The predicted molar refractivity (Wildman–Crippen MR) is 146 cm³/mol. The van der Waals surface area contributed by atoms with Crippen LogP contribution in [-0.2, 0) is 11.3 Å². The fraction of sp³-hybridized carbons (Fsp3) is 0.226. The molecule has 0 fully saturated rings. The number of hydrogen-bond acceptors (Lipinski definition) is 4. The lowest BCUT2D eigenvalue weighted by molar-refractivity contribution is -0.127. The summed E-state index contributed by atoms with van der Waals surface area (Å²) in [5.41, 5.74) is 2.71. The summed E-state index contributed by atoms with van der Waals surface area (Å²) >= 11 is 0. The number of benzene rings is 3. The molecule has 0 bridgehead atoms. The van der Waals surface area contributed by atoms with Crippen molar-refractivity contribution in [3.8, 4) is 22.8 Å². The Hall–Kier alpha value is -4.59. The van der Waals surface area contributed by atoms with Crippen molar-refractivity contribution in [2.24, 2.45) is 0 Å². The van der Waals surface area contributed by atoms with Crippen LogP contribution in [0.15, 0.2) is 84.9 Å². The van der Waals surface area contributed by atoms with Crippen LogP contribution >= 0.6 is 0 Å². The topological polar surface area (TPSA) is 83.7 Å². The quantitative estimate of drug-likeness (QED) is 0.316. The molecule has 3 aromatic carbocycles. The van der Waals surface area contributed by atoms with Crippen molar-refractivity contribution in [2.75, 3.05) is 6.79 Å². The molecule has 1 unspecified atom stereocenters. The molecule has 4 aromatic rings. The van der Waals surface area contributed by atoms with Gasteiger partial charge >= 0.3 is 0 Å². The number of amides is 2. The Kier molecular flexibility index (Phi) is 7.11. The highest BCUT2D eigenvalue weighted by atomic mass is 19.1. The standard InChI is InChI=1S/C31H30FN3O4/c1-31(2,3)34-29(36)28(22-10-12-23(32)13-11-22)35(18-20-9-16-26-27(17-20)39-19-38-26)30(37)25-15-14-24(33-25)21-7-5-4-6-8-21/h4-17,28,33H,18-19H2,1-3H3,(H,34,36). The van der Waals surface area contributed by atoms with Crippen molar-refractivity contribution in [1.29, 1.82) is 0 Å². The van der Waals surface area contributed by atoms with E-state index in [2.05, 4.69) is 10.3 Å². The van der Waals surface area contributed by atoms with Crippen molar-refractivity contribution in [1.82, 2.24) is 15.2 Å². The molecule has 0 aliphatic carbocycles. The molecule has 39 heavy (non-hydrogen) atoms. The van der Waals surface area contributed by atoms with E-state index in [0.717, 1.165) is 16.8 Å². The number of nitrogens with zero attached hydrogens (tertiary/aromatic N) is 1. The number of carbonyl (C=O) groups is 2. The van der Waals surface area contributed by atoms with Gasteiger partial charge in [0.1, 0.15) is 17.6 Å². The highest BCUT2D eigenvalue weighted by Gasteiger charge is 2.35. The van der Waals surface area contributed by atoms with Gasteiger partial charge in [0, 0.05) is 17.8 Å². The molecule has 2 amide bonds. The number of H-pyrrole nitrogens is 1. The minimum absolute atomic E-state index is 0.0920. The summed E-state index contributed by atoms with van der Waals surface area (Å²) in [7, 11) is 0. The summed E-state index contributed by atoms with van der Waals surface area (Å²) in [6.07, 6.45) is 0. The van der Waals surface area contributed by atoms with Crippen molar-refractivity contribution in [2.45, 2.75) is 38.9 Å². The van der Waals surface area contributed by atoms with E-state index in [1.54, 1.807) is 18.2 Å². The van der Waals surface area contributed by atoms with E-state index in [1.807, 2.05) is 63.2 Å². The molecular weight excluding hydrogens is 497 g/mol. The molecule has 1 atom stereocenters. The third kappa shape index (κ3) is 5.95. The van der Waals surface area contributed by atoms with Gasteiger partial charge in [-0.3, -0.25) is 9.59 Å². The highest BCUT2D eigenvalue weighted by Crippen LogP contribution is 2.34. The molecular formula is C31H30FN3O4. The van der Waals surface area contributed by atoms with E-state index in [1.165, 1.54) is 29.2 Å². The zero-order valence-electron chi connectivity index (χ0n) is 22.0. The lowest BCUT2D eigenvalue weighted by Crippen LogP contribution is -2.49. The van der Waals surface area contributed by atoms with E-state index in [-0.39, 0.29) is 25.2 Å². The largest absolute Gasteiger partial charge is 0.454 e. The smallest absolute Gasteiger partial charge is 0.271 e. The molecule has 5 rings (SSSR count). The third-order valence-corrected chi connectivity index (χ3v) is 6.30. The number of nitrogens with one attached hydrogen (secondary N) is 2. The minimum atomic E-state index is -1.04. The number of ether oxygens (including phenoxy) is 2. The van der Waals surface area contributed by atoms with Crippen LogP contribution in [-0.4, -0.2) is 34.0 Å². The Labute approximate surface area is 226 Å². The first kappa shape index (κ1) is 26.0. The molecule has 0 radical (unpaired) electrons. The summed E-state index contributed by atoms with van der Waals surface area (Å²) in [5.74, 6) is 0.00295. The summed E-state index contributed by atoms with van der Waals surface area (Å²) in [6, 6.07) is 23.2. The Morgan fingerprint density at radius 1 is 0.949 bits per heavy atom. The lowest BCUT2D eigenvalue weighted by atomic mass is 10.00. The number of rotatable bonds is 7. The van der Waals surface area contributed by atoms with Gasteiger partial charge in [0.15, 0.2) is 11.5 Å². The summed E-state index contributed by atoms with van der Waals surface area (Å²) in [6.45, 7) is 5.82. The first-order valence-electron chi connectivity index (χ1n) is 12.7.